The molecule has 0 unspecified atom stereocenters. The fourth-order valence-corrected chi connectivity index (χ4v) is 3.59. The summed E-state index contributed by atoms with van der Waals surface area (Å²) in [7, 11) is 0. The van der Waals surface area contributed by atoms with Crippen molar-refractivity contribution in [3.8, 4) is 0 Å². The Balaban J connectivity index is 1.55. The van der Waals surface area contributed by atoms with Gasteiger partial charge in [-0.2, -0.15) is 0 Å². The first-order valence-electron chi connectivity index (χ1n) is 10.0. The summed E-state index contributed by atoms with van der Waals surface area (Å²) >= 11 is 0. The number of hydrogen-bond acceptors (Lipinski definition) is 6. The predicted molar refractivity (Wildman–Crippen MR) is 113 cm³/mol. The zero-order chi connectivity index (χ0) is 19.2. The highest BCUT2D eigenvalue weighted by Crippen LogP contribution is 2.24. The summed E-state index contributed by atoms with van der Waals surface area (Å²) in [4.78, 5) is 14.2. The summed E-state index contributed by atoms with van der Waals surface area (Å²) in [6.07, 6.45) is 1.94. The second-order valence-corrected chi connectivity index (χ2v) is 7.26. The molecule has 28 heavy (non-hydrogen) atoms. The second-order valence-electron chi connectivity index (χ2n) is 7.26. The van der Waals surface area contributed by atoms with E-state index in [1.165, 1.54) is 11.3 Å². The van der Waals surface area contributed by atoms with Crippen molar-refractivity contribution in [3.63, 3.8) is 0 Å². The Labute approximate surface area is 166 Å². The Morgan fingerprint density at radius 3 is 2.39 bits per heavy atom. The van der Waals surface area contributed by atoms with Crippen LogP contribution in [0.2, 0.25) is 0 Å². The molecule has 0 aliphatic carbocycles. The quantitative estimate of drug-likeness (QED) is 0.747. The molecule has 0 atom stereocenters. The maximum Gasteiger partial charge on any atom is 0.131 e. The van der Waals surface area contributed by atoms with Crippen LogP contribution in [0.1, 0.15) is 16.8 Å². The van der Waals surface area contributed by atoms with E-state index in [9.17, 15) is 0 Å². The number of pyridine rings is 1. The molecule has 6 heteroatoms. The number of rotatable bonds is 5. The van der Waals surface area contributed by atoms with Crippen LogP contribution in [-0.4, -0.2) is 63.8 Å². The Kier molecular flexibility index (Phi) is 6.19. The van der Waals surface area contributed by atoms with Gasteiger partial charge in [0, 0.05) is 44.1 Å². The van der Waals surface area contributed by atoms with Crippen LogP contribution in [0.25, 0.3) is 0 Å². The monoisotopic (exact) mass is 380 g/mol. The molecule has 3 heterocycles. The van der Waals surface area contributed by atoms with Crippen molar-refractivity contribution < 1.29 is 9.47 Å². The molecule has 148 valence electrons. The average Bonchev–Trinajstić information content (AvgIpc) is 2.75. The highest BCUT2D eigenvalue weighted by Gasteiger charge is 2.17. The van der Waals surface area contributed by atoms with Crippen LogP contribution in [0.4, 0.5) is 11.5 Å². The van der Waals surface area contributed by atoms with Crippen molar-refractivity contribution in [2.24, 2.45) is 4.99 Å². The summed E-state index contributed by atoms with van der Waals surface area (Å²) in [6, 6.07) is 12.7. The van der Waals surface area contributed by atoms with E-state index in [4.69, 9.17) is 14.5 Å². The van der Waals surface area contributed by atoms with Gasteiger partial charge in [0.1, 0.15) is 5.82 Å². The molecule has 0 radical (unpaired) electrons. The molecule has 1 aromatic heterocycles. The minimum Gasteiger partial charge on any atom is -0.378 e. The Hall–Kier alpha value is -2.44. The summed E-state index contributed by atoms with van der Waals surface area (Å²) in [5.74, 6) is 1.02. The van der Waals surface area contributed by atoms with Gasteiger partial charge < -0.3 is 19.3 Å². The normalized spacial score (nSPS) is 18.0. The van der Waals surface area contributed by atoms with Gasteiger partial charge in [0.25, 0.3) is 0 Å². The van der Waals surface area contributed by atoms with Crippen molar-refractivity contribution >= 4 is 17.7 Å². The van der Waals surface area contributed by atoms with Crippen LogP contribution in [0.5, 0.6) is 0 Å². The topological polar surface area (TPSA) is 50.2 Å². The van der Waals surface area contributed by atoms with Gasteiger partial charge in [-0.3, -0.25) is 4.99 Å². The molecule has 4 rings (SSSR count). The first kappa shape index (κ1) is 18.9. The smallest absolute Gasteiger partial charge is 0.131 e. The van der Waals surface area contributed by atoms with E-state index in [2.05, 4.69) is 58.1 Å². The van der Waals surface area contributed by atoms with Crippen LogP contribution in [0.3, 0.4) is 0 Å². The SMILES string of the molecule is Cc1cccc(C=NCc2cc(N3CCOCC3)cc(N3CCOCC3)n2)c1. The lowest BCUT2D eigenvalue weighted by Crippen LogP contribution is -2.38. The summed E-state index contributed by atoms with van der Waals surface area (Å²) < 4.78 is 11.0. The van der Waals surface area contributed by atoms with Crippen LogP contribution >= 0.6 is 0 Å². The standard InChI is InChI=1S/C22H28N4O2/c1-18-3-2-4-19(13-18)16-23-17-20-14-21(25-5-9-27-10-6-25)15-22(24-20)26-7-11-28-12-8-26/h2-4,13-16H,5-12,17H2,1H3. The molecule has 6 nitrogen and oxygen atoms in total. The Morgan fingerprint density at radius 1 is 0.964 bits per heavy atom. The molecule has 0 spiro atoms. The van der Waals surface area contributed by atoms with Crippen LogP contribution in [-0.2, 0) is 16.0 Å². The second kappa shape index (κ2) is 9.17. The van der Waals surface area contributed by atoms with Gasteiger partial charge >= 0.3 is 0 Å². The number of benzene rings is 1. The molecular formula is C22H28N4O2. The molecule has 0 saturated carbocycles. The zero-order valence-corrected chi connectivity index (χ0v) is 16.5. The number of aliphatic imine (C=N–C) groups is 1. The molecule has 2 aliphatic rings. The number of aryl methyl sites for hydroxylation is 1. The highest BCUT2D eigenvalue weighted by molar-refractivity contribution is 5.79. The summed E-state index contributed by atoms with van der Waals surface area (Å²) in [5.41, 5.74) is 4.57. The lowest BCUT2D eigenvalue weighted by atomic mass is 10.1. The van der Waals surface area contributed by atoms with E-state index < -0.39 is 0 Å². The number of aromatic nitrogens is 1. The average molecular weight is 380 g/mol. The van der Waals surface area contributed by atoms with E-state index in [-0.39, 0.29) is 0 Å². The third-order valence-electron chi connectivity index (χ3n) is 5.10. The first-order valence-corrected chi connectivity index (χ1v) is 10.0. The van der Waals surface area contributed by atoms with Gasteiger partial charge in [-0.1, -0.05) is 29.8 Å². The van der Waals surface area contributed by atoms with Crippen LogP contribution in [0, 0.1) is 6.92 Å². The van der Waals surface area contributed by atoms with E-state index >= 15 is 0 Å². The molecule has 0 bridgehead atoms. The third-order valence-corrected chi connectivity index (χ3v) is 5.10. The van der Waals surface area contributed by atoms with E-state index in [0.717, 1.165) is 69.7 Å². The zero-order valence-electron chi connectivity index (χ0n) is 16.5. The van der Waals surface area contributed by atoms with Crippen molar-refractivity contribution in [3.05, 3.63) is 53.2 Å². The van der Waals surface area contributed by atoms with E-state index in [1.54, 1.807) is 0 Å². The summed E-state index contributed by atoms with van der Waals surface area (Å²) in [5, 5.41) is 0. The van der Waals surface area contributed by atoms with Gasteiger partial charge in [-0.05, 0) is 18.6 Å². The Morgan fingerprint density at radius 2 is 1.68 bits per heavy atom. The molecule has 2 aromatic rings. The number of morpholine rings is 2. The fourth-order valence-electron chi connectivity index (χ4n) is 3.59. The van der Waals surface area contributed by atoms with Crippen molar-refractivity contribution in [2.45, 2.75) is 13.5 Å². The maximum absolute atomic E-state index is 5.51. The van der Waals surface area contributed by atoms with Gasteiger partial charge in [0.05, 0.1) is 38.7 Å². The van der Waals surface area contributed by atoms with Crippen molar-refractivity contribution in [2.75, 3.05) is 62.4 Å². The highest BCUT2D eigenvalue weighted by atomic mass is 16.5. The molecule has 1 aromatic carbocycles. The molecule has 2 fully saturated rings. The maximum atomic E-state index is 5.51. The number of nitrogens with zero attached hydrogens (tertiary/aromatic N) is 4. The number of hydrogen-bond donors (Lipinski definition) is 0. The van der Waals surface area contributed by atoms with Crippen LogP contribution in [0.15, 0.2) is 41.4 Å². The minimum absolute atomic E-state index is 0.573. The molecule has 0 N–H and O–H groups in total. The first-order chi connectivity index (χ1) is 13.8. The van der Waals surface area contributed by atoms with Gasteiger partial charge in [-0.25, -0.2) is 4.98 Å². The lowest BCUT2D eigenvalue weighted by Gasteiger charge is -2.32. The largest absolute Gasteiger partial charge is 0.378 e. The fraction of sp³-hybridized carbons (Fsp3) is 0.455. The molecule has 0 amide bonds. The van der Waals surface area contributed by atoms with Crippen molar-refractivity contribution in [1.82, 2.24) is 4.98 Å². The van der Waals surface area contributed by atoms with Crippen LogP contribution < -0.4 is 9.80 Å². The molecular weight excluding hydrogens is 352 g/mol. The minimum atomic E-state index is 0.573. The number of ether oxygens (including phenoxy) is 2. The third kappa shape index (κ3) is 4.88. The van der Waals surface area contributed by atoms with Gasteiger partial charge in [0.15, 0.2) is 0 Å². The van der Waals surface area contributed by atoms with Crippen molar-refractivity contribution in [1.29, 1.82) is 0 Å². The predicted octanol–water partition coefficient (Wildman–Crippen LogP) is 2.68. The Bertz CT molecular complexity index is 776. The van der Waals surface area contributed by atoms with E-state index in [1.807, 2.05) is 6.21 Å². The van der Waals surface area contributed by atoms with E-state index in [0.29, 0.717) is 6.54 Å². The summed E-state index contributed by atoms with van der Waals surface area (Å²) in [6.45, 7) is 9.32. The van der Waals surface area contributed by atoms with Gasteiger partial charge in [-0.15, -0.1) is 0 Å². The lowest BCUT2D eigenvalue weighted by molar-refractivity contribution is 0.122. The van der Waals surface area contributed by atoms with Gasteiger partial charge in [0.2, 0.25) is 0 Å². The molecule has 2 saturated heterocycles. The number of anilines is 2. The molecule has 2 aliphatic heterocycles.